The lowest BCUT2D eigenvalue weighted by molar-refractivity contribution is 0.0295. The third kappa shape index (κ3) is 5.94. The van der Waals surface area contributed by atoms with Gasteiger partial charge in [0.2, 0.25) is 0 Å². The average Bonchev–Trinajstić information content (AvgIpc) is 2.38. The molecule has 0 heterocycles. The average molecular weight is 267 g/mol. The van der Waals surface area contributed by atoms with Crippen LogP contribution in [0.15, 0.2) is 24.3 Å². The Kier molecular flexibility index (Phi) is 6.67. The van der Waals surface area contributed by atoms with Crippen LogP contribution in [0, 0.1) is 5.92 Å². The van der Waals surface area contributed by atoms with E-state index in [1.807, 2.05) is 36.2 Å². The Morgan fingerprint density at radius 2 is 1.79 bits per heavy atom. The zero-order valence-corrected chi connectivity index (χ0v) is 12.3. The number of hydrogen-bond acceptors (Lipinski definition) is 4. The minimum atomic E-state index is -0.481. The largest absolute Gasteiger partial charge is 0.497 e. The molecular weight excluding hydrogens is 242 g/mol. The van der Waals surface area contributed by atoms with Crippen molar-refractivity contribution in [3.8, 4) is 5.75 Å². The molecule has 0 bridgehead atoms. The molecule has 19 heavy (non-hydrogen) atoms. The standard InChI is InChI=1S/C15H25NO3/c1-12(2)10-19-11-14(17)9-16(3)13-5-7-15(18-4)8-6-13/h5-8,12,14,17H,9-11H2,1-4H3. The third-order valence-electron chi connectivity index (χ3n) is 2.76. The molecule has 0 aliphatic rings. The van der Waals surface area contributed by atoms with Gasteiger partial charge in [0.25, 0.3) is 0 Å². The Morgan fingerprint density at radius 3 is 2.32 bits per heavy atom. The summed E-state index contributed by atoms with van der Waals surface area (Å²) < 4.78 is 10.6. The van der Waals surface area contributed by atoms with E-state index in [2.05, 4.69) is 13.8 Å². The monoisotopic (exact) mass is 267 g/mol. The number of hydrogen-bond donors (Lipinski definition) is 1. The van der Waals surface area contributed by atoms with Crippen molar-refractivity contribution in [3.05, 3.63) is 24.3 Å². The predicted molar refractivity (Wildman–Crippen MR) is 77.9 cm³/mol. The fourth-order valence-electron chi connectivity index (χ4n) is 1.75. The Morgan fingerprint density at radius 1 is 1.16 bits per heavy atom. The predicted octanol–water partition coefficient (Wildman–Crippen LogP) is 2.16. The molecule has 4 heteroatoms. The van der Waals surface area contributed by atoms with Crippen LogP contribution in [-0.4, -0.2) is 45.1 Å². The van der Waals surface area contributed by atoms with Crippen LogP contribution in [0.4, 0.5) is 5.69 Å². The van der Waals surface area contributed by atoms with E-state index in [-0.39, 0.29) is 0 Å². The number of anilines is 1. The molecule has 0 aromatic heterocycles. The van der Waals surface area contributed by atoms with Crippen molar-refractivity contribution in [1.29, 1.82) is 0 Å². The molecule has 0 amide bonds. The molecule has 0 aliphatic carbocycles. The van der Waals surface area contributed by atoms with Gasteiger partial charge < -0.3 is 19.5 Å². The van der Waals surface area contributed by atoms with Crippen molar-refractivity contribution < 1.29 is 14.6 Å². The lowest BCUT2D eigenvalue weighted by Crippen LogP contribution is -2.32. The highest BCUT2D eigenvalue weighted by Gasteiger charge is 2.09. The van der Waals surface area contributed by atoms with E-state index < -0.39 is 6.10 Å². The summed E-state index contributed by atoms with van der Waals surface area (Å²) in [4.78, 5) is 2.00. The molecule has 1 atom stereocenters. The molecule has 0 saturated carbocycles. The Balaban J connectivity index is 2.38. The van der Waals surface area contributed by atoms with Gasteiger partial charge in [-0.15, -0.1) is 0 Å². The zero-order valence-electron chi connectivity index (χ0n) is 12.3. The maximum Gasteiger partial charge on any atom is 0.119 e. The van der Waals surface area contributed by atoms with Crippen molar-refractivity contribution in [1.82, 2.24) is 0 Å². The molecule has 0 aliphatic heterocycles. The molecule has 1 unspecified atom stereocenters. The first kappa shape index (κ1) is 15.8. The molecule has 0 saturated heterocycles. The number of rotatable bonds is 8. The molecule has 0 spiro atoms. The van der Waals surface area contributed by atoms with E-state index in [9.17, 15) is 5.11 Å². The summed E-state index contributed by atoms with van der Waals surface area (Å²) >= 11 is 0. The second kappa shape index (κ2) is 8.02. The first-order chi connectivity index (χ1) is 9.02. The van der Waals surface area contributed by atoms with Gasteiger partial charge in [-0.3, -0.25) is 0 Å². The molecule has 1 aromatic carbocycles. The van der Waals surface area contributed by atoms with Crippen molar-refractivity contribution in [2.45, 2.75) is 20.0 Å². The number of aliphatic hydroxyl groups excluding tert-OH is 1. The highest BCUT2D eigenvalue weighted by atomic mass is 16.5. The summed E-state index contributed by atoms with van der Waals surface area (Å²) in [6.45, 7) is 5.79. The molecule has 108 valence electrons. The first-order valence-electron chi connectivity index (χ1n) is 6.64. The van der Waals surface area contributed by atoms with E-state index in [0.717, 1.165) is 11.4 Å². The Bertz CT molecular complexity index is 351. The van der Waals surface area contributed by atoms with E-state index in [0.29, 0.717) is 25.7 Å². The molecule has 1 N–H and O–H groups in total. The van der Waals surface area contributed by atoms with Gasteiger partial charge in [0.1, 0.15) is 5.75 Å². The summed E-state index contributed by atoms with van der Waals surface area (Å²) in [5, 5.41) is 9.90. The van der Waals surface area contributed by atoms with Crippen molar-refractivity contribution >= 4 is 5.69 Å². The topological polar surface area (TPSA) is 41.9 Å². The Labute approximate surface area is 115 Å². The fourth-order valence-corrected chi connectivity index (χ4v) is 1.75. The molecule has 4 nitrogen and oxygen atoms in total. The summed E-state index contributed by atoms with van der Waals surface area (Å²) in [5.74, 6) is 1.32. The number of methoxy groups -OCH3 is 1. The lowest BCUT2D eigenvalue weighted by Gasteiger charge is -2.23. The molecule has 0 fully saturated rings. The maximum absolute atomic E-state index is 9.90. The van der Waals surface area contributed by atoms with Crippen LogP contribution < -0.4 is 9.64 Å². The minimum absolute atomic E-state index is 0.374. The van der Waals surface area contributed by atoms with Gasteiger partial charge in [-0.05, 0) is 30.2 Å². The SMILES string of the molecule is COc1ccc(N(C)CC(O)COCC(C)C)cc1. The van der Waals surface area contributed by atoms with Crippen LogP contribution in [0.25, 0.3) is 0 Å². The van der Waals surface area contributed by atoms with Crippen LogP contribution in [0.1, 0.15) is 13.8 Å². The number of likely N-dealkylation sites (N-methyl/N-ethyl adjacent to an activating group) is 1. The maximum atomic E-state index is 9.90. The second-order valence-corrected chi connectivity index (χ2v) is 5.16. The van der Waals surface area contributed by atoms with Gasteiger partial charge in [-0.25, -0.2) is 0 Å². The van der Waals surface area contributed by atoms with E-state index >= 15 is 0 Å². The number of aliphatic hydroxyl groups is 1. The summed E-state index contributed by atoms with van der Waals surface area (Å²) in [6.07, 6.45) is -0.481. The highest BCUT2D eigenvalue weighted by Crippen LogP contribution is 2.18. The van der Waals surface area contributed by atoms with Crippen LogP contribution in [0.3, 0.4) is 0 Å². The normalized spacial score (nSPS) is 12.5. The number of ether oxygens (including phenoxy) is 2. The van der Waals surface area contributed by atoms with Crippen molar-refractivity contribution in [2.75, 3.05) is 38.8 Å². The minimum Gasteiger partial charge on any atom is -0.497 e. The zero-order chi connectivity index (χ0) is 14.3. The number of benzene rings is 1. The summed E-state index contributed by atoms with van der Waals surface area (Å²) in [6, 6.07) is 7.77. The van der Waals surface area contributed by atoms with E-state index in [1.165, 1.54) is 0 Å². The van der Waals surface area contributed by atoms with Gasteiger partial charge in [0, 0.05) is 25.9 Å². The quantitative estimate of drug-likeness (QED) is 0.784. The molecular formula is C15H25NO3. The highest BCUT2D eigenvalue weighted by molar-refractivity contribution is 5.48. The van der Waals surface area contributed by atoms with Crippen LogP contribution in [0.2, 0.25) is 0 Å². The van der Waals surface area contributed by atoms with Gasteiger partial charge in [0.15, 0.2) is 0 Å². The van der Waals surface area contributed by atoms with Gasteiger partial charge in [-0.1, -0.05) is 13.8 Å². The second-order valence-electron chi connectivity index (χ2n) is 5.16. The molecule has 1 rings (SSSR count). The first-order valence-corrected chi connectivity index (χ1v) is 6.64. The fraction of sp³-hybridized carbons (Fsp3) is 0.600. The number of nitrogens with zero attached hydrogens (tertiary/aromatic N) is 1. The van der Waals surface area contributed by atoms with Gasteiger partial charge in [-0.2, -0.15) is 0 Å². The van der Waals surface area contributed by atoms with Crippen molar-refractivity contribution in [3.63, 3.8) is 0 Å². The summed E-state index contributed by atoms with van der Waals surface area (Å²) in [7, 11) is 3.60. The van der Waals surface area contributed by atoms with Gasteiger partial charge in [0.05, 0.1) is 19.8 Å². The summed E-state index contributed by atoms with van der Waals surface area (Å²) in [5.41, 5.74) is 1.05. The van der Waals surface area contributed by atoms with E-state index in [4.69, 9.17) is 9.47 Å². The van der Waals surface area contributed by atoms with Crippen LogP contribution >= 0.6 is 0 Å². The van der Waals surface area contributed by atoms with Crippen LogP contribution in [-0.2, 0) is 4.74 Å². The van der Waals surface area contributed by atoms with Crippen molar-refractivity contribution in [2.24, 2.45) is 5.92 Å². The van der Waals surface area contributed by atoms with Gasteiger partial charge >= 0.3 is 0 Å². The third-order valence-corrected chi connectivity index (χ3v) is 2.76. The Hall–Kier alpha value is -1.26. The molecule has 0 radical (unpaired) electrons. The molecule has 1 aromatic rings. The van der Waals surface area contributed by atoms with E-state index in [1.54, 1.807) is 7.11 Å². The lowest BCUT2D eigenvalue weighted by atomic mass is 10.2. The smallest absolute Gasteiger partial charge is 0.119 e. The van der Waals surface area contributed by atoms with Crippen LogP contribution in [0.5, 0.6) is 5.75 Å².